The van der Waals surface area contributed by atoms with Crippen LogP contribution in [-0.4, -0.2) is 38.8 Å². The van der Waals surface area contributed by atoms with Gasteiger partial charge in [0, 0.05) is 22.9 Å². The van der Waals surface area contributed by atoms with Crippen LogP contribution in [0.4, 0.5) is 10.5 Å². The molecule has 5 rings (SSSR count). The third-order valence-electron chi connectivity index (χ3n) is 6.31. The van der Waals surface area contributed by atoms with Crippen molar-refractivity contribution in [3.63, 3.8) is 0 Å². The lowest BCUT2D eigenvalue weighted by atomic mass is 9.82. The van der Waals surface area contributed by atoms with Gasteiger partial charge in [-0.3, -0.25) is 24.5 Å². The van der Waals surface area contributed by atoms with E-state index in [-0.39, 0.29) is 39.3 Å². The zero-order valence-corrected chi connectivity index (χ0v) is 18.4. The van der Waals surface area contributed by atoms with Gasteiger partial charge in [0.25, 0.3) is 16.7 Å². The Bertz CT molecular complexity index is 1260. The zero-order chi connectivity index (χ0) is 23.7. The maximum Gasteiger partial charge on any atom is 0.280 e. The molecule has 0 bridgehead atoms. The molecule has 2 heterocycles. The van der Waals surface area contributed by atoms with Gasteiger partial charge in [-0.15, -0.1) is 0 Å². The Morgan fingerprint density at radius 3 is 2.70 bits per heavy atom. The van der Waals surface area contributed by atoms with Crippen LogP contribution >= 0.6 is 11.8 Å². The van der Waals surface area contributed by atoms with E-state index >= 15 is 0 Å². The minimum absolute atomic E-state index is 0.103. The smallest absolute Gasteiger partial charge is 0.280 e. The van der Waals surface area contributed by atoms with E-state index in [0.29, 0.717) is 0 Å². The average molecular weight is 469 g/mol. The Hall–Kier alpha value is -3.44. The molecule has 3 atom stereocenters. The summed E-state index contributed by atoms with van der Waals surface area (Å²) in [5, 5.41) is 28.2. The molecule has 2 aliphatic heterocycles. The van der Waals surface area contributed by atoms with Gasteiger partial charge in [-0.25, -0.2) is 0 Å². The van der Waals surface area contributed by atoms with Crippen LogP contribution in [0.3, 0.4) is 0 Å². The Morgan fingerprint density at radius 1 is 1.30 bits per heavy atom. The Balaban J connectivity index is 1.72. The molecule has 1 saturated heterocycles. The number of nitro groups is 1. The van der Waals surface area contributed by atoms with Crippen molar-refractivity contribution < 1.29 is 29.2 Å². The predicted octanol–water partition coefficient (Wildman–Crippen LogP) is 2.29. The third kappa shape index (κ3) is 2.75. The number of nitro benzene ring substituents is 1. The highest BCUT2D eigenvalue weighted by molar-refractivity contribution is 8.14. The summed E-state index contributed by atoms with van der Waals surface area (Å²) in [5.41, 5.74) is -2.01. The first-order valence-corrected chi connectivity index (χ1v) is 11.2. The van der Waals surface area contributed by atoms with Gasteiger partial charge in [0.05, 0.1) is 4.92 Å². The van der Waals surface area contributed by atoms with Crippen molar-refractivity contribution in [1.82, 2.24) is 10.6 Å². The van der Waals surface area contributed by atoms with Crippen LogP contribution in [0.15, 0.2) is 36.4 Å². The molecule has 2 amide bonds. The van der Waals surface area contributed by atoms with Crippen LogP contribution in [-0.2, 0) is 16.1 Å². The van der Waals surface area contributed by atoms with E-state index in [9.17, 15) is 29.6 Å². The number of carbonyl (C=O) groups is 3. The Labute approximate surface area is 191 Å². The molecule has 0 aromatic heterocycles. The highest BCUT2D eigenvalue weighted by Gasteiger charge is 2.73. The van der Waals surface area contributed by atoms with Crippen molar-refractivity contribution in [2.75, 3.05) is 5.75 Å². The maximum absolute atomic E-state index is 13.9. The summed E-state index contributed by atoms with van der Waals surface area (Å²) in [6.07, 6.45) is 0. The van der Waals surface area contributed by atoms with E-state index in [2.05, 4.69) is 10.6 Å². The lowest BCUT2D eigenvalue weighted by Crippen LogP contribution is -2.62. The number of rotatable bonds is 4. The quantitative estimate of drug-likeness (QED) is 0.456. The number of carbonyl (C=O) groups excluding carboxylic acids is 3. The second-order valence-corrected chi connectivity index (χ2v) is 9.47. The molecule has 170 valence electrons. The average Bonchev–Trinajstić information content (AvgIpc) is 3.37. The number of amides is 2. The molecule has 3 unspecified atom stereocenters. The molecule has 0 saturated carbocycles. The van der Waals surface area contributed by atoms with Crippen molar-refractivity contribution >= 4 is 34.4 Å². The van der Waals surface area contributed by atoms with Crippen molar-refractivity contribution in [3.8, 4) is 5.75 Å². The van der Waals surface area contributed by atoms with Crippen molar-refractivity contribution in [3.05, 3.63) is 68.8 Å². The van der Waals surface area contributed by atoms with E-state index in [1.54, 1.807) is 18.2 Å². The summed E-state index contributed by atoms with van der Waals surface area (Å²) < 4.78 is 5.93. The molecule has 33 heavy (non-hydrogen) atoms. The van der Waals surface area contributed by atoms with Gasteiger partial charge in [-0.05, 0) is 17.5 Å². The molecule has 0 spiro atoms. The summed E-state index contributed by atoms with van der Waals surface area (Å²) in [6, 6.07) is 7.96. The molecule has 3 aliphatic rings. The fourth-order valence-electron chi connectivity index (χ4n) is 4.65. The first-order valence-electron chi connectivity index (χ1n) is 10.2. The molecule has 10 nitrogen and oxygen atoms in total. The molecule has 1 fully saturated rings. The first-order chi connectivity index (χ1) is 15.6. The van der Waals surface area contributed by atoms with Gasteiger partial charge in [-0.2, -0.15) is 0 Å². The summed E-state index contributed by atoms with van der Waals surface area (Å²) in [4.78, 5) is 49.6. The number of ether oxygens (including phenoxy) is 1. The minimum atomic E-state index is -2.41. The number of nitrogens with zero attached hydrogens (tertiary/aromatic N) is 1. The highest BCUT2D eigenvalue weighted by atomic mass is 32.2. The van der Waals surface area contributed by atoms with E-state index < -0.39 is 39.7 Å². The SMILES string of the molecule is CC(C)c1ccc2c(c1)OC1(O)c3cccc([N+](=O)[O-])c3C(=O)C21NC(=O)C1CSC(=O)N1. The summed E-state index contributed by atoms with van der Waals surface area (Å²) in [5.74, 6) is -3.52. The third-order valence-corrected chi connectivity index (χ3v) is 7.19. The van der Waals surface area contributed by atoms with Gasteiger partial charge in [-0.1, -0.05) is 49.9 Å². The standard InChI is InChI=1S/C22H19N3O7S/c1-10(2)11-6-7-12-16(8-11)32-22(29)13-4-3-5-15(25(30)31)17(13)18(26)21(12,22)24-19(27)14-9-33-20(28)23-14/h3-8,10,14,29H,9H2,1-2H3,(H,23,28)(H,24,27). The van der Waals surface area contributed by atoms with E-state index in [0.717, 1.165) is 23.4 Å². The van der Waals surface area contributed by atoms with Crippen LogP contribution in [0, 0.1) is 10.1 Å². The second-order valence-electron chi connectivity index (χ2n) is 8.48. The lowest BCUT2D eigenvalue weighted by Gasteiger charge is -2.35. The van der Waals surface area contributed by atoms with E-state index in [1.807, 2.05) is 13.8 Å². The van der Waals surface area contributed by atoms with Crippen molar-refractivity contribution in [2.24, 2.45) is 0 Å². The number of thioether (sulfide) groups is 1. The lowest BCUT2D eigenvalue weighted by molar-refractivity contribution is -0.385. The molecule has 2 aromatic carbocycles. The fraction of sp³-hybridized carbons (Fsp3) is 0.318. The van der Waals surface area contributed by atoms with Gasteiger partial charge in [0.1, 0.15) is 17.4 Å². The number of hydrogen-bond donors (Lipinski definition) is 3. The normalized spacial score (nSPS) is 27.0. The van der Waals surface area contributed by atoms with Crippen LogP contribution < -0.4 is 15.4 Å². The van der Waals surface area contributed by atoms with Crippen LogP contribution in [0.2, 0.25) is 0 Å². The molecule has 2 aromatic rings. The second kappa shape index (κ2) is 7.03. The molecule has 0 radical (unpaired) electrons. The Morgan fingerprint density at radius 2 is 2.06 bits per heavy atom. The highest BCUT2D eigenvalue weighted by Crippen LogP contribution is 2.59. The van der Waals surface area contributed by atoms with E-state index in [1.165, 1.54) is 12.1 Å². The predicted molar refractivity (Wildman–Crippen MR) is 117 cm³/mol. The number of nitrogens with one attached hydrogen (secondary N) is 2. The van der Waals surface area contributed by atoms with Gasteiger partial charge >= 0.3 is 0 Å². The monoisotopic (exact) mass is 469 g/mol. The summed E-state index contributed by atoms with van der Waals surface area (Å²) in [7, 11) is 0. The largest absolute Gasteiger partial charge is 0.454 e. The summed E-state index contributed by atoms with van der Waals surface area (Å²) in [6.45, 7) is 3.93. The maximum atomic E-state index is 13.9. The number of hydrogen-bond acceptors (Lipinski definition) is 8. The van der Waals surface area contributed by atoms with Crippen LogP contribution in [0.25, 0.3) is 0 Å². The number of benzene rings is 2. The number of ketones is 1. The number of fused-ring (bicyclic) bond motifs is 5. The minimum Gasteiger partial charge on any atom is -0.454 e. The van der Waals surface area contributed by atoms with Gasteiger partial charge in [0.2, 0.25) is 17.2 Å². The van der Waals surface area contributed by atoms with E-state index in [4.69, 9.17) is 4.74 Å². The molecule has 3 N–H and O–H groups in total. The van der Waals surface area contributed by atoms with Crippen molar-refractivity contribution in [1.29, 1.82) is 0 Å². The topological polar surface area (TPSA) is 148 Å². The molecular weight excluding hydrogens is 450 g/mol. The number of aliphatic hydroxyl groups is 1. The summed E-state index contributed by atoms with van der Waals surface area (Å²) >= 11 is 0.920. The molecule has 1 aliphatic carbocycles. The first kappa shape index (κ1) is 21.4. The molecule has 11 heteroatoms. The van der Waals surface area contributed by atoms with Crippen molar-refractivity contribution in [2.45, 2.75) is 37.1 Å². The van der Waals surface area contributed by atoms with Crippen LogP contribution in [0.1, 0.15) is 46.8 Å². The van der Waals surface area contributed by atoms with Gasteiger partial charge < -0.3 is 20.5 Å². The number of Topliss-reactive ketones (excluding diaryl/α,β-unsaturated/α-hetero) is 1. The zero-order valence-electron chi connectivity index (χ0n) is 17.6. The van der Waals surface area contributed by atoms with Gasteiger partial charge in [0.15, 0.2) is 0 Å². The Kier molecular flexibility index (Phi) is 4.56. The molecular formula is C22H19N3O7S. The fourth-order valence-corrected chi connectivity index (χ4v) is 5.43. The van der Waals surface area contributed by atoms with Crippen LogP contribution in [0.5, 0.6) is 5.75 Å².